The van der Waals surface area contributed by atoms with Gasteiger partial charge in [0, 0.05) is 31.4 Å². The summed E-state index contributed by atoms with van der Waals surface area (Å²) in [5, 5.41) is 8.14. The second-order valence-electron chi connectivity index (χ2n) is 5.99. The zero-order chi connectivity index (χ0) is 18.7. The Hall–Kier alpha value is -2.50. The van der Waals surface area contributed by atoms with Crippen LogP contribution in [0.5, 0.6) is 0 Å². The Morgan fingerprint density at radius 2 is 1.92 bits per heavy atom. The van der Waals surface area contributed by atoms with Crippen molar-refractivity contribution in [2.24, 2.45) is 0 Å². The average molecular weight is 389 g/mol. The SMILES string of the molecule is CN(C)c1cccc(C(=O)Nc2ccnn2Cc2cccc(Cl)c2Cl)c1. The lowest BCUT2D eigenvalue weighted by atomic mass is 10.2. The van der Waals surface area contributed by atoms with E-state index in [0.29, 0.717) is 28.0 Å². The molecule has 0 spiro atoms. The van der Waals surface area contributed by atoms with E-state index in [4.69, 9.17) is 23.2 Å². The molecule has 3 rings (SSSR count). The molecule has 5 nitrogen and oxygen atoms in total. The fraction of sp³-hybridized carbons (Fsp3) is 0.158. The van der Waals surface area contributed by atoms with Crippen LogP contribution in [0.25, 0.3) is 0 Å². The highest BCUT2D eigenvalue weighted by Gasteiger charge is 2.12. The first-order valence-electron chi connectivity index (χ1n) is 7.99. The molecular formula is C19H18Cl2N4O. The van der Waals surface area contributed by atoms with Crippen molar-refractivity contribution in [1.29, 1.82) is 0 Å². The van der Waals surface area contributed by atoms with E-state index >= 15 is 0 Å². The largest absolute Gasteiger partial charge is 0.378 e. The molecule has 0 radical (unpaired) electrons. The number of carbonyl (C=O) groups is 1. The molecule has 0 aliphatic carbocycles. The Morgan fingerprint density at radius 1 is 1.15 bits per heavy atom. The Bertz CT molecular complexity index is 937. The first-order valence-corrected chi connectivity index (χ1v) is 8.75. The molecule has 3 aromatic rings. The monoisotopic (exact) mass is 388 g/mol. The summed E-state index contributed by atoms with van der Waals surface area (Å²) in [6.45, 7) is 0.403. The molecule has 0 fully saturated rings. The Kier molecular flexibility index (Phi) is 5.49. The van der Waals surface area contributed by atoms with Gasteiger partial charge in [0.05, 0.1) is 22.8 Å². The third-order valence-corrected chi connectivity index (χ3v) is 4.79. The van der Waals surface area contributed by atoms with Crippen molar-refractivity contribution in [3.63, 3.8) is 0 Å². The van der Waals surface area contributed by atoms with Crippen molar-refractivity contribution in [1.82, 2.24) is 9.78 Å². The van der Waals surface area contributed by atoms with Crippen molar-refractivity contribution in [2.75, 3.05) is 24.3 Å². The second kappa shape index (κ2) is 7.81. The number of rotatable bonds is 5. The molecule has 7 heteroatoms. The summed E-state index contributed by atoms with van der Waals surface area (Å²) in [5.74, 6) is 0.383. The summed E-state index contributed by atoms with van der Waals surface area (Å²) in [4.78, 5) is 14.5. The third-order valence-electron chi connectivity index (χ3n) is 3.93. The maximum absolute atomic E-state index is 12.6. The molecule has 1 aromatic heterocycles. The number of aromatic nitrogens is 2. The highest BCUT2D eigenvalue weighted by molar-refractivity contribution is 6.42. The fourth-order valence-corrected chi connectivity index (χ4v) is 2.89. The van der Waals surface area contributed by atoms with E-state index in [1.807, 2.05) is 49.3 Å². The zero-order valence-electron chi connectivity index (χ0n) is 14.4. The van der Waals surface area contributed by atoms with E-state index in [9.17, 15) is 4.79 Å². The van der Waals surface area contributed by atoms with Crippen LogP contribution in [0.1, 0.15) is 15.9 Å². The first-order chi connectivity index (χ1) is 12.5. The smallest absolute Gasteiger partial charge is 0.256 e. The molecular weight excluding hydrogens is 371 g/mol. The van der Waals surface area contributed by atoms with Crippen LogP contribution in [0.3, 0.4) is 0 Å². The number of benzene rings is 2. The minimum absolute atomic E-state index is 0.201. The van der Waals surface area contributed by atoms with Crippen LogP contribution in [0.2, 0.25) is 10.0 Å². The lowest BCUT2D eigenvalue weighted by Crippen LogP contribution is -2.17. The van der Waals surface area contributed by atoms with Gasteiger partial charge >= 0.3 is 0 Å². The highest BCUT2D eigenvalue weighted by Crippen LogP contribution is 2.26. The molecule has 0 saturated heterocycles. The zero-order valence-corrected chi connectivity index (χ0v) is 15.9. The van der Waals surface area contributed by atoms with Crippen molar-refractivity contribution in [2.45, 2.75) is 6.54 Å². The minimum atomic E-state index is -0.201. The molecule has 134 valence electrons. The summed E-state index contributed by atoms with van der Waals surface area (Å²) in [6, 6.07) is 14.6. The lowest BCUT2D eigenvalue weighted by molar-refractivity contribution is 0.102. The van der Waals surface area contributed by atoms with Crippen LogP contribution in [0.15, 0.2) is 54.7 Å². The van der Waals surface area contributed by atoms with Gasteiger partial charge in [-0.25, -0.2) is 4.68 Å². The topological polar surface area (TPSA) is 50.2 Å². The Labute approximate surface area is 162 Å². The van der Waals surface area contributed by atoms with Gasteiger partial charge in [-0.1, -0.05) is 41.4 Å². The van der Waals surface area contributed by atoms with E-state index in [2.05, 4.69) is 10.4 Å². The van der Waals surface area contributed by atoms with E-state index < -0.39 is 0 Å². The lowest BCUT2D eigenvalue weighted by Gasteiger charge is -2.14. The summed E-state index contributed by atoms with van der Waals surface area (Å²) in [5.41, 5.74) is 2.36. The van der Waals surface area contributed by atoms with Crippen molar-refractivity contribution < 1.29 is 4.79 Å². The van der Waals surface area contributed by atoms with Gasteiger partial charge in [-0.05, 0) is 29.8 Å². The molecule has 0 aliphatic heterocycles. The Morgan fingerprint density at radius 3 is 2.69 bits per heavy atom. The van der Waals surface area contributed by atoms with Gasteiger partial charge in [0.2, 0.25) is 0 Å². The molecule has 0 unspecified atom stereocenters. The molecule has 2 aromatic carbocycles. The summed E-state index contributed by atoms with van der Waals surface area (Å²) < 4.78 is 1.67. The second-order valence-corrected chi connectivity index (χ2v) is 6.77. The van der Waals surface area contributed by atoms with Gasteiger partial charge < -0.3 is 10.2 Å². The van der Waals surface area contributed by atoms with Crippen LogP contribution in [0, 0.1) is 0 Å². The predicted octanol–water partition coefficient (Wildman–Crippen LogP) is 4.56. The molecule has 26 heavy (non-hydrogen) atoms. The van der Waals surface area contributed by atoms with Crippen LogP contribution in [-0.2, 0) is 6.54 Å². The third kappa shape index (κ3) is 4.00. The molecule has 0 aliphatic rings. The molecule has 1 N–H and O–H groups in total. The quantitative estimate of drug-likeness (QED) is 0.696. The van der Waals surface area contributed by atoms with Crippen LogP contribution in [0.4, 0.5) is 11.5 Å². The van der Waals surface area contributed by atoms with E-state index in [1.165, 1.54) is 0 Å². The van der Waals surface area contributed by atoms with Crippen LogP contribution >= 0.6 is 23.2 Å². The maximum Gasteiger partial charge on any atom is 0.256 e. The maximum atomic E-state index is 12.6. The molecule has 0 bridgehead atoms. The van der Waals surface area contributed by atoms with Gasteiger partial charge in [-0.15, -0.1) is 0 Å². The standard InChI is InChI=1S/C19H18Cl2N4O/c1-24(2)15-7-3-5-13(11-15)19(26)23-17-9-10-22-25(17)12-14-6-4-8-16(20)18(14)21/h3-11H,12H2,1-2H3,(H,23,26). The number of carbonyl (C=O) groups excluding carboxylic acids is 1. The first kappa shape index (κ1) is 18.3. The van der Waals surface area contributed by atoms with Gasteiger partial charge in [-0.2, -0.15) is 5.10 Å². The number of halogens is 2. The predicted molar refractivity (Wildman–Crippen MR) is 107 cm³/mol. The van der Waals surface area contributed by atoms with E-state index in [1.54, 1.807) is 29.1 Å². The number of hydrogen-bond acceptors (Lipinski definition) is 3. The van der Waals surface area contributed by atoms with Crippen LogP contribution in [-0.4, -0.2) is 29.8 Å². The number of nitrogens with zero attached hydrogens (tertiary/aromatic N) is 3. The van der Waals surface area contributed by atoms with Gasteiger partial charge in [0.25, 0.3) is 5.91 Å². The van der Waals surface area contributed by atoms with Crippen LogP contribution < -0.4 is 10.2 Å². The van der Waals surface area contributed by atoms with Crippen molar-refractivity contribution >= 4 is 40.6 Å². The number of anilines is 2. The molecule has 1 amide bonds. The van der Waals surface area contributed by atoms with Crippen molar-refractivity contribution in [3.8, 4) is 0 Å². The summed E-state index contributed by atoms with van der Waals surface area (Å²) in [6.07, 6.45) is 1.63. The molecule has 1 heterocycles. The number of amides is 1. The van der Waals surface area contributed by atoms with Crippen molar-refractivity contribution in [3.05, 3.63) is 75.9 Å². The minimum Gasteiger partial charge on any atom is -0.378 e. The van der Waals surface area contributed by atoms with E-state index in [-0.39, 0.29) is 5.91 Å². The van der Waals surface area contributed by atoms with Gasteiger partial charge in [0.15, 0.2) is 0 Å². The Balaban J connectivity index is 1.80. The molecule has 0 atom stereocenters. The number of nitrogens with one attached hydrogen (secondary N) is 1. The average Bonchev–Trinajstić information content (AvgIpc) is 3.05. The summed E-state index contributed by atoms with van der Waals surface area (Å²) >= 11 is 12.3. The molecule has 0 saturated carbocycles. The number of hydrogen-bond donors (Lipinski definition) is 1. The normalized spacial score (nSPS) is 10.6. The van der Waals surface area contributed by atoms with Gasteiger partial charge in [0.1, 0.15) is 5.82 Å². The summed E-state index contributed by atoms with van der Waals surface area (Å²) in [7, 11) is 3.86. The van der Waals surface area contributed by atoms with E-state index in [0.717, 1.165) is 11.3 Å². The fourth-order valence-electron chi connectivity index (χ4n) is 2.51. The highest BCUT2D eigenvalue weighted by atomic mass is 35.5. The van der Waals surface area contributed by atoms with Gasteiger partial charge in [-0.3, -0.25) is 4.79 Å².